The molecule has 0 aromatic carbocycles. The van der Waals surface area contributed by atoms with Crippen molar-refractivity contribution in [3.8, 4) is 0 Å². The first-order chi connectivity index (χ1) is 6.53. The zero-order valence-electron chi connectivity index (χ0n) is 9.13. The molecule has 0 saturated heterocycles. The Morgan fingerprint density at radius 1 is 1.43 bits per heavy atom. The van der Waals surface area contributed by atoms with Gasteiger partial charge in [-0.25, -0.2) is 0 Å². The molecule has 80 valence electrons. The zero-order chi connectivity index (χ0) is 10.6. The maximum absolute atomic E-state index is 5.62. The van der Waals surface area contributed by atoms with Crippen molar-refractivity contribution in [1.82, 2.24) is 9.59 Å². The third-order valence-corrected chi connectivity index (χ3v) is 2.26. The molecule has 14 heavy (non-hydrogen) atoms. The molecular formula is C9H17N3OS. The number of hydrogen-bond acceptors (Lipinski definition) is 5. The summed E-state index contributed by atoms with van der Waals surface area (Å²) in [7, 11) is 0. The predicted octanol–water partition coefficient (Wildman–Crippen LogP) is 2.29. The second kappa shape index (κ2) is 4.70. The van der Waals surface area contributed by atoms with Crippen LogP contribution in [0.25, 0.3) is 0 Å². The Bertz CT molecular complexity index is 280. The highest BCUT2D eigenvalue weighted by atomic mass is 32.1. The summed E-state index contributed by atoms with van der Waals surface area (Å²) in [6.45, 7) is 9.53. The number of anilines is 1. The Morgan fingerprint density at radius 3 is 2.71 bits per heavy atom. The summed E-state index contributed by atoms with van der Waals surface area (Å²) in [6, 6.07) is 0. The van der Waals surface area contributed by atoms with Gasteiger partial charge in [-0.15, -0.1) is 5.10 Å². The second-order valence-electron chi connectivity index (χ2n) is 3.98. The SMILES string of the molecule is CCNc1snnc1COC(C)(C)C. The van der Waals surface area contributed by atoms with Crippen LogP contribution in [0.4, 0.5) is 5.00 Å². The summed E-state index contributed by atoms with van der Waals surface area (Å²) in [5, 5.41) is 8.24. The lowest BCUT2D eigenvalue weighted by Crippen LogP contribution is -2.19. The molecule has 1 aromatic heterocycles. The fourth-order valence-corrected chi connectivity index (χ4v) is 1.52. The molecule has 0 radical (unpaired) electrons. The summed E-state index contributed by atoms with van der Waals surface area (Å²) >= 11 is 1.37. The molecule has 0 spiro atoms. The van der Waals surface area contributed by atoms with Crippen molar-refractivity contribution in [2.45, 2.75) is 39.9 Å². The topological polar surface area (TPSA) is 47.0 Å². The van der Waals surface area contributed by atoms with Gasteiger partial charge in [-0.05, 0) is 27.7 Å². The maximum atomic E-state index is 5.62. The molecular weight excluding hydrogens is 198 g/mol. The third kappa shape index (κ3) is 3.59. The van der Waals surface area contributed by atoms with Gasteiger partial charge in [-0.3, -0.25) is 0 Å². The molecule has 0 aliphatic rings. The Labute approximate surface area is 88.8 Å². The van der Waals surface area contributed by atoms with E-state index in [0.29, 0.717) is 6.61 Å². The van der Waals surface area contributed by atoms with Gasteiger partial charge in [0.1, 0.15) is 10.7 Å². The van der Waals surface area contributed by atoms with Crippen molar-refractivity contribution in [2.75, 3.05) is 11.9 Å². The average molecular weight is 215 g/mol. The summed E-state index contributed by atoms with van der Waals surface area (Å²) in [5.41, 5.74) is 0.763. The molecule has 4 nitrogen and oxygen atoms in total. The van der Waals surface area contributed by atoms with Crippen LogP contribution < -0.4 is 5.32 Å². The van der Waals surface area contributed by atoms with Crippen LogP contribution in [0.1, 0.15) is 33.4 Å². The first-order valence-electron chi connectivity index (χ1n) is 4.72. The first kappa shape index (κ1) is 11.4. The van der Waals surface area contributed by atoms with Gasteiger partial charge in [-0.1, -0.05) is 4.49 Å². The minimum absolute atomic E-state index is 0.132. The molecule has 0 atom stereocenters. The van der Waals surface area contributed by atoms with E-state index in [-0.39, 0.29) is 5.60 Å². The highest BCUT2D eigenvalue weighted by Gasteiger charge is 2.13. The maximum Gasteiger partial charge on any atom is 0.135 e. The first-order valence-corrected chi connectivity index (χ1v) is 5.49. The van der Waals surface area contributed by atoms with Crippen LogP contribution in [0.3, 0.4) is 0 Å². The predicted molar refractivity (Wildman–Crippen MR) is 58.6 cm³/mol. The molecule has 1 rings (SSSR count). The van der Waals surface area contributed by atoms with Gasteiger partial charge in [0.15, 0.2) is 0 Å². The third-order valence-electron chi connectivity index (χ3n) is 1.53. The van der Waals surface area contributed by atoms with E-state index in [1.165, 1.54) is 11.5 Å². The monoisotopic (exact) mass is 215 g/mol. The lowest BCUT2D eigenvalue weighted by molar-refractivity contribution is -0.0162. The van der Waals surface area contributed by atoms with Crippen LogP contribution in [0.2, 0.25) is 0 Å². The van der Waals surface area contributed by atoms with Crippen molar-refractivity contribution >= 4 is 16.5 Å². The Morgan fingerprint density at radius 2 is 2.14 bits per heavy atom. The van der Waals surface area contributed by atoms with Gasteiger partial charge in [0.2, 0.25) is 0 Å². The quantitative estimate of drug-likeness (QED) is 0.837. The van der Waals surface area contributed by atoms with E-state index in [1.807, 2.05) is 27.7 Å². The van der Waals surface area contributed by atoms with Crippen molar-refractivity contribution in [3.63, 3.8) is 0 Å². The Balaban J connectivity index is 2.53. The largest absolute Gasteiger partial charge is 0.374 e. The van der Waals surface area contributed by atoms with Gasteiger partial charge in [-0.2, -0.15) is 0 Å². The van der Waals surface area contributed by atoms with E-state index in [1.54, 1.807) is 0 Å². The van der Waals surface area contributed by atoms with Gasteiger partial charge in [0.25, 0.3) is 0 Å². The molecule has 0 unspecified atom stereocenters. The van der Waals surface area contributed by atoms with E-state index in [0.717, 1.165) is 17.2 Å². The van der Waals surface area contributed by atoms with Crippen LogP contribution in [0.5, 0.6) is 0 Å². The number of rotatable bonds is 4. The molecule has 1 heterocycles. The summed E-state index contributed by atoms with van der Waals surface area (Å²) in [5.74, 6) is 0. The molecule has 0 aliphatic heterocycles. The van der Waals surface area contributed by atoms with Crippen molar-refractivity contribution in [1.29, 1.82) is 0 Å². The van der Waals surface area contributed by atoms with Crippen LogP contribution in [-0.4, -0.2) is 21.7 Å². The average Bonchev–Trinajstić information content (AvgIpc) is 2.48. The molecule has 1 N–H and O–H groups in total. The fourth-order valence-electron chi connectivity index (χ4n) is 0.883. The van der Waals surface area contributed by atoms with Crippen molar-refractivity contribution < 1.29 is 4.74 Å². The van der Waals surface area contributed by atoms with Crippen molar-refractivity contribution in [3.05, 3.63) is 5.69 Å². The Hall–Kier alpha value is -0.680. The van der Waals surface area contributed by atoms with Crippen LogP contribution in [0, 0.1) is 0 Å². The standard InChI is InChI=1S/C9H17N3OS/c1-5-10-8-7(11-12-14-8)6-13-9(2,3)4/h10H,5-6H2,1-4H3. The van der Waals surface area contributed by atoms with Gasteiger partial charge in [0.05, 0.1) is 12.2 Å². The highest BCUT2D eigenvalue weighted by Crippen LogP contribution is 2.20. The summed E-state index contributed by atoms with van der Waals surface area (Å²) < 4.78 is 9.52. The number of nitrogens with one attached hydrogen (secondary N) is 1. The summed E-state index contributed by atoms with van der Waals surface area (Å²) in [4.78, 5) is 0. The van der Waals surface area contributed by atoms with Crippen LogP contribution in [0.15, 0.2) is 0 Å². The van der Waals surface area contributed by atoms with Gasteiger partial charge < -0.3 is 10.1 Å². The van der Waals surface area contributed by atoms with E-state index in [4.69, 9.17) is 4.74 Å². The minimum atomic E-state index is -0.132. The highest BCUT2D eigenvalue weighted by molar-refractivity contribution is 7.10. The van der Waals surface area contributed by atoms with E-state index < -0.39 is 0 Å². The molecule has 0 bridgehead atoms. The van der Waals surface area contributed by atoms with Crippen LogP contribution in [-0.2, 0) is 11.3 Å². The second-order valence-corrected chi connectivity index (χ2v) is 4.73. The van der Waals surface area contributed by atoms with E-state index in [2.05, 4.69) is 14.9 Å². The smallest absolute Gasteiger partial charge is 0.135 e. The molecule has 0 fully saturated rings. The van der Waals surface area contributed by atoms with Crippen molar-refractivity contribution in [2.24, 2.45) is 0 Å². The number of nitrogens with zero attached hydrogens (tertiary/aromatic N) is 2. The van der Waals surface area contributed by atoms with Gasteiger partial charge in [0, 0.05) is 18.1 Å². The van der Waals surface area contributed by atoms with E-state index in [9.17, 15) is 0 Å². The molecule has 0 saturated carbocycles. The number of ether oxygens (including phenoxy) is 1. The van der Waals surface area contributed by atoms with Crippen LogP contribution >= 0.6 is 11.5 Å². The molecule has 0 aliphatic carbocycles. The molecule has 1 aromatic rings. The normalized spacial score (nSPS) is 11.7. The van der Waals surface area contributed by atoms with Gasteiger partial charge >= 0.3 is 0 Å². The number of hydrogen-bond donors (Lipinski definition) is 1. The minimum Gasteiger partial charge on any atom is -0.374 e. The van der Waals surface area contributed by atoms with E-state index >= 15 is 0 Å². The fraction of sp³-hybridized carbons (Fsp3) is 0.778. The lowest BCUT2D eigenvalue weighted by Gasteiger charge is -2.18. The summed E-state index contributed by atoms with van der Waals surface area (Å²) in [6.07, 6.45) is 0. The lowest BCUT2D eigenvalue weighted by atomic mass is 10.2. The Kier molecular flexibility index (Phi) is 3.83. The number of aromatic nitrogens is 2. The molecule has 5 heteroatoms. The molecule has 0 amide bonds. The zero-order valence-corrected chi connectivity index (χ0v) is 9.94.